The lowest BCUT2D eigenvalue weighted by Gasteiger charge is -2.29. The average molecular weight is 301 g/mol. The number of benzene rings is 1. The zero-order valence-corrected chi connectivity index (χ0v) is 12.1. The summed E-state index contributed by atoms with van der Waals surface area (Å²) in [7, 11) is 0. The first-order chi connectivity index (χ1) is 9.49. The molecule has 1 N–H and O–H groups in total. The molecule has 1 aliphatic rings. The Labute approximate surface area is 122 Å². The molecule has 2 unspecified atom stereocenters. The van der Waals surface area contributed by atoms with E-state index in [1.54, 1.807) is 0 Å². The SMILES string of the molecule is CC1CCCCC1CNc1cc(F)c(Cl)cc1[N+](=O)[O-]. The first-order valence-corrected chi connectivity index (χ1v) is 7.24. The molecule has 6 heteroatoms. The molecule has 2 atom stereocenters. The van der Waals surface area contributed by atoms with Crippen LogP contribution in [-0.4, -0.2) is 11.5 Å². The van der Waals surface area contributed by atoms with E-state index in [0.717, 1.165) is 18.6 Å². The van der Waals surface area contributed by atoms with Crippen LogP contribution in [0.2, 0.25) is 5.02 Å². The maximum Gasteiger partial charge on any atom is 0.294 e. The van der Waals surface area contributed by atoms with Crippen molar-refractivity contribution in [2.24, 2.45) is 11.8 Å². The van der Waals surface area contributed by atoms with Crippen molar-refractivity contribution >= 4 is 23.0 Å². The van der Waals surface area contributed by atoms with E-state index in [1.807, 2.05) is 0 Å². The predicted molar refractivity (Wildman–Crippen MR) is 77.7 cm³/mol. The molecule has 0 aromatic heterocycles. The van der Waals surface area contributed by atoms with Crippen molar-refractivity contribution in [2.45, 2.75) is 32.6 Å². The zero-order valence-electron chi connectivity index (χ0n) is 11.4. The largest absolute Gasteiger partial charge is 0.379 e. The Hall–Kier alpha value is -1.36. The van der Waals surface area contributed by atoms with Gasteiger partial charge in [0.15, 0.2) is 0 Å². The predicted octanol–water partition coefficient (Wildman–Crippen LogP) is 4.63. The number of anilines is 1. The van der Waals surface area contributed by atoms with Crippen LogP contribution in [0.4, 0.5) is 15.8 Å². The van der Waals surface area contributed by atoms with Crippen LogP contribution in [0.15, 0.2) is 12.1 Å². The standard InChI is InChI=1S/C14H18ClFN2O2/c1-9-4-2-3-5-10(9)8-17-13-7-12(16)11(15)6-14(13)18(19)20/h6-7,9-10,17H,2-5,8H2,1H3. The summed E-state index contributed by atoms with van der Waals surface area (Å²) in [5.74, 6) is 0.422. The van der Waals surface area contributed by atoms with E-state index in [2.05, 4.69) is 12.2 Å². The topological polar surface area (TPSA) is 55.2 Å². The quantitative estimate of drug-likeness (QED) is 0.651. The van der Waals surface area contributed by atoms with Gasteiger partial charge in [-0.05, 0) is 18.3 Å². The Morgan fingerprint density at radius 2 is 2.15 bits per heavy atom. The molecule has 20 heavy (non-hydrogen) atoms. The number of halogens is 2. The third kappa shape index (κ3) is 3.39. The number of rotatable bonds is 4. The van der Waals surface area contributed by atoms with Crippen LogP contribution in [0.1, 0.15) is 32.6 Å². The van der Waals surface area contributed by atoms with Gasteiger partial charge in [0.25, 0.3) is 5.69 Å². The van der Waals surface area contributed by atoms with E-state index in [0.29, 0.717) is 18.4 Å². The first-order valence-electron chi connectivity index (χ1n) is 6.86. The Morgan fingerprint density at radius 1 is 1.45 bits per heavy atom. The lowest BCUT2D eigenvalue weighted by Crippen LogP contribution is -2.24. The molecule has 2 rings (SSSR count). The fourth-order valence-electron chi connectivity index (χ4n) is 2.77. The summed E-state index contributed by atoms with van der Waals surface area (Å²) < 4.78 is 13.5. The molecule has 0 spiro atoms. The number of nitrogens with zero attached hydrogens (tertiary/aromatic N) is 1. The van der Waals surface area contributed by atoms with Crippen LogP contribution < -0.4 is 5.32 Å². The van der Waals surface area contributed by atoms with Gasteiger partial charge in [-0.25, -0.2) is 4.39 Å². The van der Waals surface area contributed by atoms with Crippen LogP contribution in [-0.2, 0) is 0 Å². The highest BCUT2D eigenvalue weighted by molar-refractivity contribution is 6.31. The van der Waals surface area contributed by atoms with Crippen molar-refractivity contribution in [2.75, 3.05) is 11.9 Å². The minimum absolute atomic E-state index is 0.181. The van der Waals surface area contributed by atoms with E-state index < -0.39 is 10.7 Å². The molecule has 1 saturated carbocycles. The summed E-state index contributed by atoms with van der Waals surface area (Å²) >= 11 is 5.59. The molecule has 0 radical (unpaired) electrons. The molecule has 0 saturated heterocycles. The molecule has 110 valence electrons. The van der Waals surface area contributed by atoms with Crippen LogP contribution in [0.3, 0.4) is 0 Å². The highest BCUT2D eigenvalue weighted by Gasteiger charge is 2.23. The first kappa shape index (κ1) is 15.0. The lowest BCUT2D eigenvalue weighted by atomic mass is 9.80. The van der Waals surface area contributed by atoms with Crippen molar-refractivity contribution < 1.29 is 9.31 Å². The van der Waals surface area contributed by atoms with Gasteiger partial charge in [-0.1, -0.05) is 37.8 Å². The second-order valence-corrected chi connectivity index (χ2v) is 5.85. The van der Waals surface area contributed by atoms with E-state index in [4.69, 9.17) is 11.6 Å². The lowest BCUT2D eigenvalue weighted by molar-refractivity contribution is -0.384. The van der Waals surface area contributed by atoms with Gasteiger partial charge in [0.1, 0.15) is 11.5 Å². The van der Waals surface area contributed by atoms with Crippen molar-refractivity contribution in [3.05, 3.63) is 33.1 Å². The molecule has 0 bridgehead atoms. The van der Waals surface area contributed by atoms with Crippen LogP contribution in [0.25, 0.3) is 0 Å². The van der Waals surface area contributed by atoms with Gasteiger partial charge in [-0.15, -0.1) is 0 Å². The van der Waals surface area contributed by atoms with Crippen molar-refractivity contribution in [3.63, 3.8) is 0 Å². The summed E-state index contributed by atoms with van der Waals surface area (Å²) in [5.41, 5.74) is 0.0227. The molecule has 1 aliphatic carbocycles. The van der Waals surface area contributed by atoms with Crippen LogP contribution in [0.5, 0.6) is 0 Å². The Bertz CT molecular complexity index is 510. The highest BCUT2D eigenvalue weighted by Crippen LogP contribution is 2.33. The maximum absolute atomic E-state index is 13.5. The molecule has 0 heterocycles. The Balaban J connectivity index is 2.12. The Morgan fingerprint density at radius 3 is 2.80 bits per heavy atom. The van der Waals surface area contributed by atoms with E-state index >= 15 is 0 Å². The average Bonchev–Trinajstić information content (AvgIpc) is 2.41. The van der Waals surface area contributed by atoms with Crippen molar-refractivity contribution in [1.82, 2.24) is 0 Å². The summed E-state index contributed by atoms with van der Waals surface area (Å²) in [6, 6.07) is 2.16. The fourth-order valence-corrected chi connectivity index (χ4v) is 2.92. The molecule has 1 fully saturated rings. The highest BCUT2D eigenvalue weighted by atomic mass is 35.5. The zero-order chi connectivity index (χ0) is 14.7. The summed E-state index contributed by atoms with van der Waals surface area (Å²) in [4.78, 5) is 10.4. The van der Waals surface area contributed by atoms with E-state index in [9.17, 15) is 14.5 Å². The molecule has 1 aromatic rings. The fraction of sp³-hybridized carbons (Fsp3) is 0.571. The van der Waals surface area contributed by atoms with Gasteiger partial charge < -0.3 is 5.32 Å². The van der Waals surface area contributed by atoms with Crippen LogP contribution in [0, 0.1) is 27.8 Å². The molecular formula is C14H18ClFN2O2. The third-order valence-electron chi connectivity index (χ3n) is 4.08. The Kier molecular flexibility index (Phi) is 4.81. The second kappa shape index (κ2) is 6.39. The molecule has 0 aliphatic heterocycles. The van der Waals surface area contributed by atoms with Gasteiger partial charge in [-0.3, -0.25) is 10.1 Å². The number of hydrogen-bond acceptors (Lipinski definition) is 3. The summed E-state index contributed by atoms with van der Waals surface area (Å²) in [6.45, 7) is 2.82. The molecule has 1 aromatic carbocycles. The minimum Gasteiger partial charge on any atom is -0.379 e. The number of nitrogens with one attached hydrogen (secondary N) is 1. The van der Waals surface area contributed by atoms with Crippen molar-refractivity contribution in [3.8, 4) is 0 Å². The maximum atomic E-state index is 13.5. The number of nitro benzene ring substituents is 1. The van der Waals surface area contributed by atoms with Gasteiger partial charge in [-0.2, -0.15) is 0 Å². The van der Waals surface area contributed by atoms with Crippen LogP contribution >= 0.6 is 11.6 Å². The second-order valence-electron chi connectivity index (χ2n) is 5.44. The van der Waals surface area contributed by atoms with Gasteiger partial charge in [0.2, 0.25) is 0 Å². The van der Waals surface area contributed by atoms with Gasteiger partial charge in [0, 0.05) is 18.7 Å². The van der Waals surface area contributed by atoms with Crippen molar-refractivity contribution in [1.29, 1.82) is 0 Å². The summed E-state index contributed by atoms with van der Waals surface area (Å²) in [5, 5.41) is 13.8. The number of nitro groups is 1. The minimum atomic E-state index is -0.642. The van der Waals surface area contributed by atoms with E-state index in [1.165, 1.54) is 19.3 Å². The van der Waals surface area contributed by atoms with Gasteiger partial charge in [0.05, 0.1) is 9.95 Å². The molecule has 4 nitrogen and oxygen atoms in total. The molecule has 0 amide bonds. The van der Waals surface area contributed by atoms with E-state index in [-0.39, 0.29) is 16.4 Å². The van der Waals surface area contributed by atoms with Gasteiger partial charge >= 0.3 is 0 Å². The monoisotopic (exact) mass is 300 g/mol. The smallest absolute Gasteiger partial charge is 0.294 e. The third-order valence-corrected chi connectivity index (χ3v) is 4.37. The number of hydrogen-bond donors (Lipinski definition) is 1. The molecular weight excluding hydrogens is 283 g/mol. The normalized spacial score (nSPS) is 22.6. The summed E-state index contributed by atoms with van der Waals surface area (Å²) in [6.07, 6.45) is 4.72.